The van der Waals surface area contributed by atoms with Crippen molar-refractivity contribution in [2.45, 2.75) is 52.4 Å². The van der Waals surface area contributed by atoms with Crippen molar-refractivity contribution in [3.8, 4) is 5.69 Å². The van der Waals surface area contributed by atoms with E-state index < -0.39 is 5.67 Å². The maximum absolute atomic E-state index is 14.6. The molecule has 34 heavy (non-hydrogen) atoms. The highest BCUT2D eigenvalue weighted by Crippen LogP contribution is 2.27. The molecular weight excluding hydrogens is 433 g/mol. The molecule has 0 fully saturated rings. The summed E-state index contributed by atoms with van der Waals surface area (Å²) < 4.78 is 18.0. The molecule has 0 spiro atoms. The first-order valence-corrected chi connectivity index (χ1v) is 11.5. The van der Waals surface area contributed by atoms with Crippen LogP contribution in [0.3, 0.4) is 0 Å². The molecule has 0 amide bonds. The van der Waals surface area contributed by atoms with Crippen molar-refractivity contribution in [3.05, 3.63) is 69.9 Å². The van der Waals surface area contributed by atoms with Crippen LogP contribution in [0.2, 0.25) is 0 Å². The van der Waals surface area contributed by atoms with Gasteiger partial charge in [0.05, 0.1) is 11.4 Å². The molecule has 1 aliphatic heterocycles. The number of pyridine rings is 1. The van der Waals surface area contributed by atoms with E-state index in [0.29, 0.717) is 22.7 Å². The molecule has 4 heterocycles. The van der Waals surface area contributed by atoms with Crippen LogP contribution in [-0.4, -0.2) is 30.9 Å². The number of alkyl halides is 1. The molecule has 8 nitrogen and oxygen atoms in total. The minimum Gasteiger partial charge on any atom is -0.324 e. The normalized spacial score (nSPS) is 13.9. The number of nitrogens with zero attached hydrogens (tertiary/aromatic N) is 5. The van der Waals surface area contributed by atoms with E-state index >= 15 is 0 Å². The Morgan fingerprint density at radius 1 is 1.15 bits per heavy atom. The van der Waals surface area contributed by atoms with Crippen LogP contribution in [-0.2, 0) is 18.6 Å². The van der Waals surface area contributed by atoms with Gasteiger partial charge in [0.25, 0.3) is 5.56 Å². The smallest absolute Gasteiger partial charge is 0.278 e. The van der Waals surface area contributed by atoms with E-state index in [1.54, 1.807) is 33.9 Å². The summed E-state index contributed by atoms with van der Waals surface area (Å²) >= 11 is 0. The molecule has 2 N–H and O–H groups in total. The Morgan fingerprint density at radius 2 is 1.97 bits per heavy atom. The van der Waals surface area contributed by atoms with Gasteiger partial charge in [-0.3, -0.25) is 9.78 Å². The third-order valence-corrected chi connectivity index (χ3v) is 6.06. The fourth-order valence-corrected chi connectivity index (χ4v) is 4.34. The zero-order valence-corrected chi connectivity index (χ0v) is 19.8. The van der Waals surface area contributed by atoms with Gasteiger partial charge in [0.1, 0.15) is 11.1 Å². The molecule has 0 saturated heterocycles. The van der Waals surface area contributed by atoms with E-state index in [4.69, 9.17) is 4.98 Å². The second-order valence-electron chi connectivity index (χ2n) is 9.39. The standard InChI is InChI=1S/C25H28FN7O/c1-15(2)32-23(34)20-14-29-24(30-18-6-5-16-7-9-27-13-17(16)11-18)31-22(20)33(32)19-8-10-28-21(12-19)25(3,4)26/h5-6,8,10-12,14-15,27H,7,9,13H2,1-4H3,(H,29,30,31). The summed E-state index contributed by atoms with van der Waals surface area (Å²) in [6.07, 6.45) is 4.11. The highest BCUT2D eigenvalue weighted by Gasteiger charge is 2.24. The summed E-state index contributed by atoms with van der Waals surface area (Å²) in [4.78, 5) is 26.5. The number of nitrogens with one attached hydrogen (secondary N) is 2. The molecule has 5 rings (SSSR count). The molecule has 4 aromatic rings. The van der Waals surface area contributed by atoms with Crippen molar-refractivity contribution in [2.75, 3.05) is 11.9 Å². The first kappa shape index (κ1) is 22.2. The monoisotopic (exact) mass is 461 g/mol. The molecular formula is C25H28FN7O. The van der Waals surface area contributed by atoms with E-state index in [9.17, 15) is 9.18 Å². The quantitative estimate of drug-likeness (QED) is 0.464. The molecule has 0 aliphatic carbocycles. The zero-order valence-electron chi connectivity index (χ0n) is 19.8. The average Bonchev–Trinajstić information content (AvgIpc) is 3.10. The van der Waals surface area contributed by atoms with Crippen LogP contribution in [0, 0.1) is 0 Å². The van der Waals surface area contributed by atoms with Crippen molar-refractivity contribution >= 4 is 22.7 Å². The van der Waals surface area contributed by atoms with Crippen molar-refractivity contribution in [3.63, 3.8) is 0 Å². The van der Waals surface area contributed by atoms with Gasteiger partial charge in [0.2, 0.25) is 5.95 Å². The molecule has 0 unspecified atom stereocenters. The number of hydrogen-bond donors (Lipinski definition) is 2. The Balaban J connectivity index is 1.63. The second kappa shape index (κ2) is 8.32. The van der Waals surface area contributed by atoms with Crippen LogP contribution in [0.4, 0.5) is 16.0 Å². The SMILES string of the molecule is CC(C)n1c(=O)c2cnc(Nc3ccc4c(c3)CNCC4)nc2n1-c1ccnc(C(C)(C)F)c1. The lowest BCUT2D eigenvalue weighted by Gasteiger charge is -2.19. The third kappa shape index (κ3) is 3.96. The minimum absolute atomic E-state index is 0.152. The Bertz CT molecular complexity index is 1430. The lowest BCUT2D eigenvalue weighted by molar-refractivity contribution is 0.214. The Hall–Kier alpha value is -3.59. The van der Waals surface area contributed by atoms with E-state index in [2.05, 4.69) is 32.7 Å². The van der Waals surface area contributed by atoms with Crippen molar-refractivity contribution in [2.24, 2.45) is 0 Å². The van der Waals surface area contributed by atoms with Crippen LogP contribution >= 0.6 is 0 Å². The van der Waals surface area contributed by atoms with Gasteiger partial charge in [-0.05, 0) is 76.1 Å². The first-order chi connectivity index (χ1) is 16.2. The maximum atomic E-state index is 14.6. The molecule has 0 bridgehead atoms. The summed E-state index contributed by atoms with van der Waals surface area (Å²) in [6, 6.07) is 9.49. The summed E-state index contributed by atoms with van der Waals surface area (Å²) in [5.74, 6) is 0.381. The van der Waals surface area contributed by atoms with E-state index in [1.807, 2.05) is 19.9 Å². The van der Waals surface area contributed by atoms with Gasteiger partial charge in [0.15, 0.2) is 5.65 Å². The molecule has 176 valence electrons. The van der Waals surface area contributed by atoms with Crippen LogP contribution in [0.1, 0.15) is 50.6 Å². The number of benzene rings is 1. The molecule has 3 aromatic heterocycles. The van der Waals surface area contributed by atoms with Gasteiger partial charge < -0.3 is 10.6 Å². The number of aromatic nitrogens is 5. The van der Waals surface area contributed by atoms with E-state index in [0.717, 1.165) is 25.2 Å². The Morgan fingerprint density at radius 3 is 2.74 bits per heavy atom. The number of anilines is 2. The predicted molar refractivity (Wildman–Crippen MR) is 131 cm³/mol. The fraction of sp³-hybridized carbons (Fsp3) is 0.360. The molecule has 0 saturated carbocycles. The summed E-state index contributed by atoms with van der Waals surface area (Å²) in [6.45, 7) is 8.58. The molecule has 1 aliphatic rings. The molecule has 1 aromatic carbocycles. The van der Waals surface area contributed by atoms with Gasteiger partial charge in [-0.15, -0.1) is 0 Å². The summed E-state index contributed by atoms with van der Waals surface area (Å²) in [5.41, 5.74) is 2.99. The third-order valence-electron chi connectivity index (χ3n) is 6.06. The zero-order chi connectivity index (χ0) is 24.0. The highest BCUT2D eigenvalue weighted by atomic mass is 19.1. The van der Waals surface area contributed by atoms with E-state index in [1.165, 1.54) is 25.0 Å². The average molecular weight is 462 g/mol. The minimum atomic E-state index is -1.62. The highest BCUT2D eigenvalue weighted by molar-refractivity contribution is 5.77. The Kier molecular flexibility index (Phi) is 5.44. The first-order valence-electron chi connectivity index (χ1n) is 11.5. The number of halogens is 1. The van der Waals surface area contributed by atoms with Gasteiger partial charge in [-0.2, -0.15) is 4.98 Å². The summed E-state index contributed by atoms with van der Waals surface area (Å²) in [7, 11) is 0. The van der Waals surface area contributed by atoms with Crippen molar-refractivity contribution < 1.29 is 4.39 Å². The number of rotatable bonds is 5. The number of hydrogen-bond acceptors (Lipinski definition) is 6. The van der Waals surface area contributed by atoms with Crippen LogP contribution in [0.5, 0.6) is 0 Å². The predicted octanol–water partition coefficient (Wildman–Crippen LogP) is 4.15. The largest absolute Gasteiger partial charge is 0.324 e. The van der Waals surface area contributed by atoms with Crippen LogP contribution < -0.4 is 16.2 Å². The van der Waals surface area contributed by atoms with Gasteiger partial charge >= 0.3 is 0 Å². The van der Waals surface area contributed by atoms with E-state index in [-0.39, 0.29) is 17.3 Å². The van der Waals surface area contributed by atoms with Gasteiger partial charge in [-0.1, -0.05) is 6.07 Å². The van der Waals surface area contributed by atoms with Gasteiger partial charge in [-0.25, -0.2) is 18.7 Å². The number of fused-ring (bicyclic) bond motifs is 2. The lowest BCUT2D eigenvalue weighted by atomic mass is 10.0. The lowest BCUT2D eigenvalue weighted by Crippen LogP contribution is -2.24. The Labute approximate surface area is 196 Å². The molecule has 0 radical (unpaired) electrons. The van der Waals surface area contributed by atoms with Crippen molar-refractivity contribution in [1.29, 1.82) is 0 Å². The maximum Gasteiger partial charge on any atom is 0.278 e. The second-order valence-corrected chi connectivity index (χ2v) is 9.39. The van der Waals surface area contributed by atoms with Crippen molar-refractivity contribution in [1.82, 2.24) is 29.6 Å². The molecule has 0 atom stereocenters. The fourth-order valence-electron chi connectivity index (χ4n) is 4.34. The van der Waals surface area contributed by atoms with Crippen LogP contribution in [0.15, 0.2) is 47.5 Å². The summed E-state index contributed by atoms with van der Waals surface area (Å²) in [5, 5.41) is 7.05. The molecule has 9 heteroatoms. The van der Waals surface area contributed by atoms with Crippen LogP contribution in [0.25, 0.3) is 16.7 Å². The topological polar surface area (TPSA) is 89.7 Å². The van der Waals surface area contributed by atoms with Gasteiger partial charge in [0, 0.05) is 30.7 Å².